The van der Waals surface area contributed by atoms with Crippen LogP contribution in [0, 0.1) is 0 Å². The molecule has 0 N–H and O–H groups in total. The molecule has 1 aromatic carbocycles. The second kappa shape index (κ2) is 7.80. The normalized spacial score (nSPS) is 11.8. The van der Waals surface area contributed by atoms with Crippen LogP contribution in [0.5, 0.6) is 11.5 Å². The fourth-order valence-corrected chi connectivity index (χ4v) is 2.61. The summed E-state index contributed by atoms with van der Waals surface area (Å²) in [7, 11) is 1.58. The molecule has 1 atom stereocenters. The molecule has 0 bridgehead atoms. The Kier molecular flexibility index (Phi) is 5.30. The fourth-order valence-electron chi connectivity index (χ4n) is 1.98. The second-order valence-corrected chi connectivity index (χ2v) is 5.85. The molecule has 0 aliphatic rings. The molecule has 0 aliphatic carbocycles. The lowest BCUT2D eigenvalue weighted by Crippen LogP contribution is -2.26. The van der Waals surface area contributed by atoms with E-state index in [2.05, 4.69) is 10.1 Å². The van der Waals surface area contributed by atoms with E-state index in [9.17, 15) is 4.79 Å². The van der Waals surface area contributed by atoms with Crippen LogP contribution < -0.4 is 9.47 Å². The first-order valence-corrected chi connectivity index (χ1v) is 8.42. The zero-order chi connectivity index (χ0) is 17.6. The average molecular weight is 360 g/mol. The van der Waals surface area contributed by atoms with Crippen LogP contribution in [0.4, 0.5) is 0 Å². The highest BCUT2D eigenvalue weighted by Gasteiger charge is 2.18. The molecule has 0 aliphatic heterocycles. The molecule has 8 heteroatoms. The quantitative estimate of drug-likeness (QED) is 0.598. The number of esters is 1. The minimum atomic E-state index is -0.767. The number of ether oxygens (including phenoxy) is 3. The average Bonchev–Trinajstić information content (AvgIpc) is 3.31. The molecular weight excluding hydrogens is 344 g/mol. The number of rotatable bonds is 7. The van der Waals surface area contributed by atoms with Crippen LogP contribution in [0.25, 0.3) is 11.5 Å². The summed E-state index contributed by atoms with van der Waals surface area (Å²) in [6.07, 6.45) is -0.767. The van der Waals surface area contributed by atoms with Gasteiger partial charge in [-0.3, -0.25) is 0 Å². The molecule has 3 rings (SSSR count). The lowest BCUT2D eigenvalue weighted by Gasteiger charge is -2.13. The minimum Gasteiger partial charge on any atom is -0.497 e. The van der Waals surface area contributed by atoms with E-state index in [-0.39, 0.29) is 6.61 Å². The third-order valence-electron chi connectivity index (χ3n) is 3.28. The lowest BCUT2D eigenvalue weighted by atomic mass is 10.3. The first-order chi connectivity index (χ1) is 12.2. The van der Waals surface area contributed by atoms with Crippen molar-refractivity contribution in [1.29, 1.82) is 0 Å². The summed E-state index contributed by atoms with van der Waals surface area (Å²) in [6.45, 7) is 1.53. The number of carbonyl (C=O) groups is 1. The summed E-state index contributed by atoms with van der Waals surface area (Å²) < 4.78 is 20.9. The molecule has 0 radical (unpaired) electrons. The van der Waals surface area contributed by atoms with Gasteiger partial charge in [-0.05, 0) is 42.6 Å². The molecule has 0 fully saturated rings. The van der Waals surface area contributed by atoms with E-state index < -0.39 is 12.1 Å². The molecule has 0 saturated carbocycles. The van der Waals surface area contributed by atoms with Crippen molar-refractivity contribution in [3.63, 3.8) is 0 Å². The lowest BCUT2D eigenvalue weighted by molar-refractivity contribution is -0.152. The maximum absolute atomic E-state index is 12.0. The molecule has 0 spiro atoms. The fraction of sp³-hybridized carbons (Fsp3) is 0.235. The Balaban J connectivity index is 1.51. The molecular formula is C17H16N2O5S. The van der Waals surface area contributed by atoms with E-state index in [1.807, 2.05) is 16.8 Å². The van der Waals surface area contributed by atoms with Gasteiger partial charge < -0.3 is 18.7 Å². The molecule has 0 saturated heterocycles. The Morgan fingerprint density at radius 2 is 2.00 bits per heavy atom. The molecule has 2 heterocycles. The van der Waals surface area contributed by atoms with Gasteiger partial charge in [0.2, 0.25) is 5.82 Å². The standard InChI is InChI=1S/C17H16N2O5S/c1-11(23-14-5-3-13(21-2)4-6-14)17(20)22-9-15-18-16(24-19-15)12-7-8-25-10-12/h3-8,10-11H,9H2,1-2H3. The van der Waals surface area contributed by atoms with E-state index in [0.29, 0.717) is 23.2 Å². The smallest absolute Gasteiger partial charge is 0.347 e. The number of hydrogen-bond donors (Lipinski definition) is 0. The van der Waals surface area contributed by atoms with Crippen LogP contribution in [0.1, 0.15) is 12.7 Å². The van der Waals surface area contributed by atoms with Crippen molar-refractivity contribution >= 4 is 17.3 Å². The highest BCUT2D eigenvalue weighted by molar-refractivity contribution is 7.08. The largest absolute Gasteiger partial charge is 0.497 e. The zero-order valence-corrected chi connectivity index (χ0v) is 14.5. The summed E-state index contributed by atoms with van der Waals surface area (Å²) in [6, 6.07) is 8.81. The van der Waals surface area contributed by atoms with E-state index in [4.69, 9.17) is 18.7 Å². The molecule has 3 aromatic rings. The number of carbonyl (C=O) groups excluding carboxylic acids is 1. The van der Waals surface area contributed by atoms with Crippen LogP contribution in [0.2, 0.25) is 0 Å². The third-order valence-corrected chi connectivity index (χ3v) is 3.97. The Morgan fingerprint density at radius 1 is 1.24 bits per heavy atom. The molecule has 7 nitrogen and oxygen atoms in total. The monoisotopic (exact) mass is 360 g/mol. The molecule has 130 valence electrons. The Hall–Kier alpha value is -2.87. The van der Waals surface area contributed by atoms with Crippen molar-refractivity contribution in [2.75, 3.05) is 7.11 Å². The number of thiophene rings is 1. The van der Waals surface area contributed by atoms with E-state index in [1.54, 1.807) is 38.3 Å². The van der Waals surface area contributed by atoms with Gasteiger partial charge in [-0.2, -0.15) is 16.3 Å². The minimum absolute atomic E-state index is 0.0806. The summed E-state index contributed by atoms with van der Waals surface area (Å²) >= 11 is 1.53. The highest BCUT2D eigenvalue weighted by Crippen LogP contribution is 2.20. The number of benzene rings is 1. The highest BCUT2D eigenvalue weighted by atomic mass is 32.1. The van der Waals surface area contributed by atoms with Crippen molar-refractivity contribution in [2.45, 2.75) is 19.6 Å². The van der Waals surface area contributed by atoms with Crippen molar-refractivity contribution in [3.8, 4) is 23.0 Å². The molecule has 0 amide bonds. The predicted molar refractivity (Wildman–Crippen MR) is 90.5 cm³/mol. The van der Waals surface area contributed by atoms with Crippen LogP contribution in [-0.2, 0) is 16.1 Å². The zero-order valence-electron chi connectivity index (χ0n) is 13.7. The maximum Gasteiger partial charge on any atom is 0.347 e. The van der Waals surface area contributed by atoms with Crippen molar-refractivity contribution in [3.05, 3.63) is 46.9 Å². The Labute approximate surface area is 148 Å². The maximum atomic E-state index is 12.0. The van der Waals surface area contributed by atoms with Gasteiger partial charge >= 0.3 is 5.97 Å². The molecule has 25 heavy (non-hydrogen) atoms. The number of nitrogens with zero attached hydrogens (tertiary/aromatic N) is 2. The first kappa shape index (κ1) is 17.0. The Bertz CT molecular complexity index is 814. The van der Waals surface area contributed by atoms with Gasteiger partial charge in [0.25, 0.3) is 5.89 Å². The number of hydrogen-bond acceptors (Lipinski definition) is 8. The SMILES string of the molecule is COc1ccc(OC(C)C(=O)OCc2noc(-c3ccsc3)n2)cc1. The predicted octanol–water partition coefficient (Wildman–Crippen LogP) is 3.32. The Morgan fingerprint density at radius 3 is 2.68 bits per heavy atom. The topological polar surface area (TPSA) is 83.7 Å². The third kappa shape index (κ3) is 4.36. The molecule has 1 unspecified atom stereocenters. The van der Waals surface area contributed by atoms with Crippen LogP contribution in [-0.4, -0.2) is 29.3 Å². The van der Waals surface area contributed by atoms with Crippen LogP contribution in [0.15, 0.2) is 45.6 Å². The summed E-state index contributed by atoms with van der Waals surface area (Å²) in [5, 5.41) is 7.60. The number of aromatic nitrogens is 2. The van der Waals surface area contributed by atoms with E-state index >= 15 is 0 Å². The van der Waals surface area contributed by atoms with E-state index in [1.165, 1.54) is 11.3 Å². The first-order valence-electron chi connectivity index (χ1n) is 7.48. The van der Waals surface area contributed by atoms with Gasteiger partial charge in [-0.25, -0.2) is 4.79 Å². The van der Waals surface area contributed by atoms with E-state index in [0.717, 1.165) is 5.56 Å². The van der Waals surface area contributed by atoms with Crippen molar-refractivity contribution < 1.29 is 23.5 Å². The summed E-state index contributed by atoms with van der Waals surface area (Å²) in [4.78, 5) is 16.2. The summed E-state index contributed by atoms with van der Waals surface area (Å²) in [5.74, 6) is 1.43. The summed E-state index contributed by atoms with van der Waals surface area (Å²) in [5.41, 5.74) is 0.839. The van der Waals surface area contributed by atoms with Crippen molar-refractivity contribution in [2.24, 2.45) is 0 Å². The van der Waals surface area contributed by atoms with Gasteiger partial charge in [0, 0.05) is 5.38 Å². The van der Waals surface area contributed by atoms with Gasteiger partial charge in [-0.15, -0.1) is 0 Å². The van der Waals surface area contributed by atoms with Gasteiger partial charge in [-0.1, -0.05) is 5.16 Å². The van der Waals surface area contributed by atoms with Gasteiger partial charge in [0.15, 0.2) is 12.7 Å². The van der Waals surface area contributed by atoms with Crippen LogP contribution >= 0.6 is 11.3 Å². The number of methoxy groups -OCH3 is 1. The van der Waals surface area contributed by atoms with Gasteiger partial charge in [0.1, 0.15) is 11.5 Å². The van der Waals surface area contributed by atoms with Crippen LogP contribution in [0.3, 0.4) is 0 Å². The molecule has 2 aromatic heterocycles. The van der Waals surface area contributed by atoms with Gasteiger partial charge in [0.05, 0.1) is 12.7 Å². The van der Waals surface area contributed by atoms with Crippen molar-refractivity contribution in [1.82, 2.24) is 10.1 Å². The second-order valence-electron chi connectivity index (χ2n) is 5.07.